The van der Waals surface area contributed by atoms with E-state index in [-0.39, 0.29) is 0 Å². The molecule has 0 atom stereocenters. The number of furan rings is 1. The summed E-state index contributed by atoms with van der Waals surface area (Å²) in [5.41, 5.74) is 3.03. The van der Waals surface area contributed by atoms with Gasteiger partial charge < -0.3 is 4.42 Å². The number of aryl methyl sites for hydroxylation is 2. The summed E-state index contributed by atoms with van der Waals surface area (Å²) in [6, 6.07) is 1.97. The Balaban J connectivity index is 0.000000396. The zero-order chi connectivity index (χ0) is 9.84. The molecule has 0 amide bonds. The smallest absolute Gasteiger partial charge is 0.155 e. The highest BCUT2D eigenvalue weighted by Crippen LogP contribution is 2.20. The van der Waals surface area contributed by atoms with E-state index >= 15 is 0 Å². The maximum Gasteiger partial charge on any atom is 0.155 e. The molecule has 2 heteroatoms. The van der Waals surface area contributed by atoms with Gasteiger partial charge in [0.2, 0.25) is 0 Å². The zero-order valence-corrected chi connectivity index (χ0v) is 8.59. The lowest BCUT2D eigenvalue weighted by Crippen LogP contribution is -1.82. The molecule has 0 aliphatic rings. The van der Waals surface area contributed by atoms with Crippen molar-refractivity contribution >= 4 is 11.0 Å². The summed E-state index contributed by atoms with van der Waals surface area (Å²) in [5.74, 6) is 0. The lowest BCUT2D eigenvalue weighted by Gasteiger charge is -1.95. The van der Waals surface area contributed by atoms with Gasteiger partial charge in [0.25, 0.3) is 0 Å². The summed E-state index contributed by atoms with van der Waals surface area (Å²) >= 11 is 0. The van der Waals surface area contributed by atoms with Crippen molar-refractivity contribution < 1.29 is 4.42 Å². The molecule has 2 rings (SSSR count). The molecule has 0 fully saturated rings. The van der Waals surface area contributed by atoms with E-state index in [2.05, 4.69) is 4.98 Å². The van der Waals surface area contributed by atoms with Gasteiger partial charge in [0, 0.05) is 11.6 Å². The summed E-state index contributed by atoms with van der Waals surface area (Å²) in [6.07, 6.45) is 3.57. The normalized spacial score (nSPS) is 9.54. The van der Waals surface area contributed by atoms with Gasteiger partial charge in [-0.15, -0.1) is 0 Å². The molecular weight excluding hydrogens is 162 g/mol. The molecular formula is C11H15NO. The van der Waals surface area contributed by atoms with Gasteiger partial charge in [-0.05, 0) is 25.5 Å². The first-order valence-electron chi connectivity index (χ1n) is 4.58. The van der Waals surface area contributed by atoms with Crippen molar-refractivity contribution in [3.63, 3.8) is 0 Å². The first kappa shape index (κ1) is 9.78. The molecule has 13 heavy (non-hydrogen) atoms. The van der Waals surface area contributed by atoms with Gasteiger partial charge in [-0.2, -0.15) is 0 Å². The summed E-state index contributed by atoms with van der Waals surface area (Å²) in [5, 5.41) is 1.16. The molecule has 0 radical (unpaired) electrons. The number of fused-ring (bicyclic) bond motifs is 1. The Morgan fingerprint density at radius 2 is 1.92 bits per heavy atom. The average molecular weight is 177 g/mol. The van der Waals surface area contributed by atoms with Crippen LogP contribution in [-0.2, 0) is 0 Å². The lowest BCUT2D eigenvalue weighted by molar-refractivity contribution is 0.611. The Kier molecular flexibility index (Phi) is 3.07. The van der Waals surface area contributed by atoms with Crippen LogP contribution in [0.1, 0.15) is 25.1 Å². The van der Waals surface area contributed by atoms with Gasteiger partial charge >= 0.3 is 0 Å². The van der Waals surface area contributed by atoms with Gasteiger partial charge in [-0.25, -0.2) is 0 Å². The fourth-order valence-electron chi connectivity index (χ4n) is 1.22. The maximum absolute atomic E-state index is 5.27. The Labute approximate surface area is 78.6 Å². The summed E-state index contributed by atoms with van der Waals surface area (Å²) in [7, 11) is 0. The minimum Gasteiger partial charge on any atom is -0.462 e. The third-order valence-electron chi connectivity index (χ3n) is 1.87. The van der Waals surface area contributed by atoms with Crippen LogP contribution in [0, 0.1) is 13.8 Å². The number of pyridine rings is 1. The van der Waals surface area contributed by atoms with Crippen LogP contribution in [0.2, 0.25) is 0 Å². The van der Waals surface area contributed by atoms with Crippen molar-refractivity contribution in [2.75, 3.05) is 0 Å². The Hall–Kier alpha value is -1.31. The molecule has 2 aromatic heterocycles. The number of aromatic nitrogens is 1. The van der Waals surface area contributed by atoms with Gasteiger partial charge in [-0.1, -0.05) is 13.8 Å². The highest BCUT2D eigenvalue weighted by Gasteiger charge is 2.02. The van der Waals surface area contributed by atoms with Crippen molar-refractivity contribution in [3.05, 3.63) is 29.8 Å². The van der Waals surface area contributed by atoms with E-state index in [1.165, 1.54) is 5.56 Å². The topological polar surface area (TPSA) is 26.0 Å². The van der Waals surface area contributed by atoms with Crippen LogP contribution in [-0.4, -0.2) is 4.98 Å². The van der Waals surface area contributed by atoms with Crippen molar-refractivity contribution in [3.8, 4) is 0 Å². The third kappa shape index (κ3) is 1.72. The van der Waals surface area contributed by atoms with E-state index in [0.29, 0.717) is 0 Å². The highest BCUT2D eigenvalue weighted by molar-refractivity contribution is 5.81. The van der Waals surface area contributed by atoms with E-state index in [9.17, 15) is 0 Å². The van der Waals surface area contributed by atoms with Crippen LogP contribution in [0.3, 0.4) is 0 Å². The van der Waals surface area contributed by atoms with E-state index in [4.69, 9.17) is 4.42 Å². The molecule has 0 aliphatic carbocycles. The fraction of sp³-hybridized carbons (Fsp3) is 0.364. The third-order valence-corrected chi connectivity index (χ3v) is 1.87. The predicted molar refractivity (Wildman–Crippen MR) is 54.8 cm³/mol. The summed E-state index contributed by atoms with van der Waals surface area (Å²) < 4.78 is 5.27. The fourth-order valence-corrected chi connectivity index (χ4v) is 1.22. The molecule has 70 valence electrons. The minimum atomic E-state index is 0.907. The van der Waals surface area contributed by atoms with Crippen molar-refractivity contribution in [1.29, 1.82) is 0 Å². The second kappa shape index (κ2) is 4.08. The van der Waals surface area contributed by atoms with E-state index in [0.717, 1.165) is 16.7 Å². The molecule has 2 nitrogen and oxygen atoms in total. The molecule has 0 aliphatic heterocycles. The van der Waals surface area contributed by atoms with Crippen LogP contribution < -0.4 is 0 Å². The monoisotopic (exact) mass is 177 g/mol. The Morgan fingerprint density at radius 1 is 1.23 bits per heavy atom. The van der Waals surface area contributed by atoms with E-state index in [1.54, 1.807) is 6.26 Å². The number of nitrogens with zero attached hydrogens (tertiary/aromatic N) is 1. The first-order valence-corrected chi connectivity index (χ1v) is 4.58. The van der Waals surface area contributed by atoms with Crippen molar-refractivity contribution in [2.24, 2.45) is 0 Å². The van der Waals surface area contributed by atoms with Crippen LogP contribution in [0.25, 0.3) is 11.0 Å². The quantitative estimate of drug-likeness (QED) is 0.615. The Morgan fingerprint density at radius 3 is 2.54 bits per heavy atom. The van der Waals surface area contributed by atoms with E-state index < -0.39 is 0 Å². The highest BCUT2D eigenvalue weighted by atomic mass is 16.3. The molecule has 0 spiro atoms. The first-order chi connectivity index (χ1) is 6.29. The van der Waals surface area contributed by atoms with Crippen molar-refractivity contribution in [1.82, 2.24) is 4.98 Å². The molecule has 2 heterocycles. The van der Waals surface area contributed by atoms with Crippen LogP contribution in [0.4, 0.5) is 0 Å². The van der Waals surface area contributed by atoms with Crippen molar-refractivity contribution in [2.45, 2.75) is 27.7 Å². The van der Waals surface area contributed by atoms with E-state index in [1.807, 2.05) is 40.0 Å². The number of rotatable bonds is 0. The molecule has 0 N–H and O–H groups in total. The molecule has 2 aromatic rings. The molecule has 0 aromatic carbocycles. The molecule has 0 bridgehead atoms. The number of hydrogen-bond donors (Lipinski definition) is 0. The van der Waals surface area contributed by atoms with Gasteiger partial charge in [0.05, 0.1) is 12.0 Å². The lowest BCUT2D eigenvalue weighted by atomic mass is 10.2. The largest absolute Gasteiger partial charge is 0.462 e. The molecule has 0 saturated carbocycles. The minimum absolute atomic E-state index is 0.907. The van der Waals surface area contributed by atoms with Crippen LogP contribution in [0.5, 0.6) is 0 Å². The SMILES string of the molecule is CC.Cc1cnc(C)c2occc12. The maximum atomic E-state index is 5.27. The average Bonchev–Trinajstić information content (AvgIpc) is 2.64. The van der Waals surface area contributed by atoms with Gasteiger partial charge in [0.15, 0.2) is 5.58 Å². The zero-order valence-electron chi connectivity index (χ0n) is 8.59. The predicted octanol–water partition coefficient (Wildman–Crippen LogP) is 3.47. The number of hydrogen-bond acceptors (Lipinski definition) is 2. The summed E-state index contributed by atoms with van der Waals surface area (Å²) in [6.45, 7) is 7.98. The van der Waals surface area contributed by atoms with Crippen LogP contribution in [0.15, 0.2) is 22.9 Å². The second-order valence-corrected chi connectivity index (χ2v) is 2.69. The standard InChI is InChI=1S/C9H9NO.C2H6/c1-6-5-10-7(2)9-8(6)3-4-11-9;1-2/h3-5H,1-2H3;1-2H3. The van der Waals surface area contributed by atoms with Crippen LogP contribution >= 0.6 is 0 Å². The second-order valence-electron chi connectivity index (χ2n) is 2.69. The summed E-state index contributed by atoms with van der Waals surface area (Å²) in [4.78, 5) is 4.19. The van der Waals surface area contributed by atoms with Gasteiger partial charge in [-0.3, -0.25) is 4.98 Å². The van der Waals surface area contributed by atoms with Gasteiger partial charge in [0.1, 0.15) is 0 Å². The molecule has 0 unspecified atom stereocenters. The molecule has 0 saturated heterocycles. The Bertz CT molecular complexity index is 354.